The summed E-state index contributed by atoms with van der Waals surface area (Å²) < 4.78 is 0. The monoisotopic (exact) mass is 480 g/mol. The van der Waals surface area contributed by atoms with Crippen LogP contribution in [0.1, 0.15) is 86.0 Å². The lowest BCUT2D eigenvalue weighted by atomic mass is 9.45. The van der Waals surface area contributed by atoms with E-state index in [9.17, 15) is 35.4 Å². The summed E-state index contributed by atoms with van der Waals surface area (Å²) in [4.78, 5) is 13.2. The molecule has 6 N–H and O–H groups in total. The summed E-state index contributed by atoms with van der Waals surface area (Å²) in [6, 6.07) is 0. The SMILES string of the molecule is CC(C)(O)CC[C@@H](O)[C@](C)(O)[C@H]1CC[C@@]2(O)C3=CC(=O)[C@H]4C[C@@H](O)[C@H](O)C[C@]4(C)[C@H]3CC[C@]12C. The summed E-state index contributed by atoms with van der Waals surface area (Å²) >= 11 is 0. The van der Waals surface area contributed by atoms with E-state index < -0.39 is 45.9 Å². The van der Waals surface area contributed by atoms with Crippen molar-refractivity contribution in [1.82, 2.24) is 0 Å². The Kier molecular flexibility index (Phi) is 6.24. The minimum atomic E-state index is -1.46. The second-order valence-electron chi connectivity index (χ2n) is 13.2. The maximum Gasteiger partial charge on any atom is 0.159 e. The van der Waals surface area contributed by atoms with Gasteiger partial charge in [-0.15, -0.1) is 0 Å². The molecule has 4 aliphatic rings. The van der Waals surface area contributed by atoms with Gasteiger partial charge in [-0.3, -0.25) is 4.79 Å². The van der Waals surface area contributed by atoms with Crippen LogP contribution in [0.3, 0.4) is 0 Å². The van der Waals surface area contributed by atoms with Gasteiger partial charge in [0.25, 0.3) is 0 Å². The van der Waals surface area contributed by atoms with Gasteiger partial charge in [-0.1, -0.05) is 13.8 Å². The number of aliphatic hydroxyl groups excluding tert-OH is 3. The van der Waals surface area contributed by atoms with E-state index in [0.29, 0.717) is 44.1 Å². The van der Waals surface area contributed by atoms with Crippen LogP contribution in [0.4, 0.5) is 0 Å². The first-order valence-corrected chi connectivity index (χ1v) is 12.9. The van der Waals surface area contributed by atoms with Crippen LogP contribution in [-0.2, 0) is 4.79 Å². The number of hydrogen-bond donors (Lipinski definition) is 6. The number of carbonyl (C=O) groups excluding carboxylic acids is 1. The zero-order valence-corrected chi connectivity index (χ0v) is 21.3. The van der Waals surface area contributed by atoms with Gasteiger partial charge in [0.15, 0.2) is 5.78 Å². The second-order valence-corrected chi connectivity index (χ2v) is 13.2. The van der Waals surface area contributed by atoms with Crippen molar-refractivity contribution in [2.75, 3.05) is 0 Å². The van der Waals surface area contributed by atoms with Crippen LogP contribution in [0.25, 0.3) is 0 Å². The van der Waals surface area contributed by atoms with Crippen molar-refractivity contribution >= 4 is 5.78 Å². The van der Waals surface area contributed by atoms with Gasteiger partial charge in [-0.25, -0.2) is 0 Å². The average Bonchev–Trinajstić information content (AvgIpc) is 3.00. The third-order valence-corrected chi connectivity index (χ3v) is 10.5. The minimum Gasteiger partial charge on any atom is -0.390 e. The Morgan fingerprint density at radius 1 is 1.06 bits per heavy atom. The van der Waals surface area contributed by atoms with Gasteiger partial charge in [0.05, 0.1) is 35.1 Å². The number of fused-ring (bicyclic) bond motifs is 5. The van der Waals surface area contributed by atoms with Crippen molar-refractivity contribution in [3.05, 3.63) is 11.6 Å². The number of rotatable bonds is 5. The normalized spacial score (nSPS) is 47.2. The first-order valence-electron chi connectivity index (χ1n) is 12.9. The van der Waals surface area contributed by atoms with E-state index >= 15 is 0 Å². The van der Waals surface area contributed by atoms with Crippen LogP contribution < -0.4 is 0 Å². The summed E-state index contributed by atoms with van der Waals surface area (Å²) in [5.41, 5.74) is -4.27. The Labute approximate surface area is 202 Å². The number of ketones is 1. The standard InChI is InChI=1S/C27H44O7/c1-23(2,32)9-8-22(31)26(5,33)21-7-11-27(34)16-12-18(28)17-13-19(29)20(30)14-24(17,3)15(16)6-10-25(21,27)4/h12,15,17,19-22,29-34H,6-11,13-14H2,1-5H3/t15-,17+,19+,20+,21-,22+,24+,25+,26+,27+/m0/s1. The lowest BCUT2D eigenvalue weighted by Crippen LogP contribution is -2.62. The molecule has 0 amide bonds. The molecule has 34 heavy (non-hydrogen) atoms. The molecule has 3 saturated carbocycles. The highest BCUT2D eigenvalue weighted by atomic mass is 16.3. The molecule has 0 spiro atoms. The summed E-state index contributed by atoms with van der Waals surface area (Å²) in [5, 5.41) is 65.5. The molecule has 4 rings (SSSR count). The summed E-state index contributed by atoms with van der Waals surface area (Å²) in [6.07, 6.45) is 2.11. The largest absolute Gasteiger partial charge is 0.390 e. The third kappa shape index (κ3) is 3.73. The number of carbonyl (C=O) groups is 1. The highest BCUT2D eigenvalue weighted by molar-refractivity contribution is 5.95. The van der Waals surface area contributed by atoms with Gasteiger partial charge in [0.1, 0.15) is 0 Å². The predicted octanol–water partition coefficient (Wildman–Crippen LogP) is 1.85. The van der Waals surface area contributed by atoms with Crippen LogP contribution in [0, 0.1) is 28.6 Å². The fraction of sp³-hybridized carbons (Fsp3) is 0.889. The molecule has 10 atom stereocenters. The quantitative estimate of drug-likeness (QED) is 0.353. The number of hydrogen-bond acceptors (Lipinski definition) is 7. The maximum atomic E-state index is 13.2. The molecule has 0 aliphatic heterocycles. The van der Waals surface area contributed by atoms with Crippen molar-refractivity contribution in [2.24, 2.45) is 28.6 Å². The lowest BCUT2D eigenvalue weighted by molar-refractivity contribution is -0.177. The van der Waals surface area contributed by atoms with Gasteiger partial charge < -0.3 is 30.6 Å². The van der Waals surface area contributed by atoms with Gasteiger partial charge >= 0.3 is 0 Å². The highest BCUT2D eigenvalue weighted by Crippen LogP contribution is 2.68. The smallest absolute Gasteiger partial charge is 0.159 e. The lowest BCUT2D eigenvalue weighted by Gasteiger charge is -2.60. The Morgan fingerprint density at radius 2 is 1.71 bits per heavy atom. The van der Waals surface area contributed by atoms with E-state index in [1.54, 1.807) is 26.8 Å². The molecule has 3 fully saturated rings. The van der Waals surface area contributed by atoms with E-state index in [2.05, 4.69) is 0 Å². The predicted molar refractivity (Wildman–Crippen MR) is 127 cm³/mol. The van der Waals surface area contributed by atoms with E-state index in [1.165, 1.54) is 0 Å². The van der Waals surface area contributed by atoms with Gasteiger partial charge in [-0.2, -0.15) is 0 Å². The van der Waals surface area contributed by atoms with Crippen LogP contribution in [0.15, 0.2) is 11.6 Å². The summed E-state index contributed by atoms with van der Waals surface area (Å²) in [7, 11) is 0. The van der Waals surface area contributed by atoms with Crippen molar-refractivity contribution in [3.63, 3.8) is 0 Å². The topological polar surface area (TPSA) is 138 Å². The van der Waals surface area contributed by atoms with Gasteiger partial charge in [0, 0.05) is 11.3 Å². The fourth-order valence-corrected chi connectivity index (χ4v) is 8.32. The molecule has 0 unspecified atom stereocenters. The molecule has 0 bridgehead atoms. The van der Waals surface area contributed by atoms with Crippen molar-refractivity contribution < 1.29 is 35.4 Å². The van der Waals surface area contributed by atoms with Crippen LogP contribution in [0.2, 0.25) is 0 Å². The zero-order chi connectivity index (χ0) is 25.5. The third-order valence-electron chi connectivity index (χ3n) is 10.5. The minimum absolute atomic E-state index is 0.0840. The Morgan fingerprint density at radius 3 is 2.32 bits per heavy atom. The van der Waals surface area contributed by atoms with Crippen molar-refractivity contribution in [2.45, 2.75) is 121 Å². The molecule has 0 aromatic rings. The van der Waals surface area contributed by atoms with E-state index in [1.807, 2.05) is 13.8 Å². The Hall–Kier alpha value is -0.830. The molecule has 0 saturated heterocycles. The Balaban J connectivity index is 1.66. The molecule has 0 aromatic carbocycles. The molecule has 4 aliphatic carbocycles. The number of allylic oxidation sites excluding steroid dienone is 1. The summed E-state index contributed by atoms with van der Waals surface area (Å²) in [6.45, 7) is 8.96. The molecule has 0 heterocycles. The van der Waals surface area contributed by atoms with E-state index in [0.717, 1.165) is 0 Å². The first-order chi connectivity index (χ1) is 15.5. The molecular weight excluding hydrogens is 436 g/mol. The molecular formula is C27H44O7. The van der Waals surface area contributed by atoms with Crippen LogP contribution in [0.5, 0.6) is 0 Å². The molecule has 7 nitrogen and oxygen atoms in total. The van der Waals surface area contributed by atoms with Crippen molar-refractivity contribution in [3.8, 4) is 0 Å². The fourth-order valence-electron chi connectivity index (χ4n) is 8.32. The van der Waals surface area contributed by atoms with E-state index in [-0.39, 0.29) is 36.4 Å². The average molecular weight is 481 g/mol. The highest BCUT2D eigenvalue weighted by Gasteiger charge is 2.69. The zero-order valence-electron chi connectivity index (χ0n) is 21.3. The van der Waals surface area contributed by atoms with Crippen LogP contribution >= 0.6 is 0 Å². The Bertz CT molecular complexity index is 860. The van der Waals surface area contributed by atoms with Crippen molar-refractivity contribution in [1.29, 1.82) is 0 Å². The first kappa shape index (κ1) is 26.2. The van der Waals surface area contributed by atoms with E-state index in [4.69, 9.17) is 0 Å². The molecule has 7 heteroatoms. The maximum absolute atomic E-state index is 13.2. The van der Waals surface area contributed by atoms with Gasteiger partial charge in [-0.05, 0) is 101 Å². The molecule has 0 aromatic heterocycles. The number of aliphatic hydroxyl groups is 6. The van der Waals surface area contributed by atoms with Crippen LogP contribution in [-0.4, -0.2) is 71.5 Å². The second kappa shape index (κ2) is 8.09. The molecule has 194 valence electrons. The molecule has 0 radical (unpaired) electrons. The summed E-state index contributed by atoms with van der Waals surface area (Å²) in [5.74, 6) is -0.948. The van der Waals surface area contributed by atoms with Gasteiger partial charge in [0.2, 0.25) is 0 Å².